The van der Waals surface area contributed by atoms with E-state index in [-0.39, 0.29) is 6.61 Å². The summed E-state index contributed by atoms with van der Waals surface area (Å²) in [4.78, 5) is 2.55. The highest BCUT2D eigenvalue weighted by molar-refractivity contribution is 5.31. The molecule has 3 nitrogen and oxygen atoms in total. The summed E-state index contributed by atoms with van der Waals surface area (Å²) in [6, 6.07) is 9.94. The minimum Gasteiger partial charge on any atom is -0.395 e. The van der Waals surface area contributed by atoms with Crippen molar-refractivity contribution in [3.8, 4) is 0 Å². The van der Waals surface area contributed by atoms with E-state index in [1.807, 2.05) is 0 Å². The second kappa shape index (κ2) is 6.04. The average molecular weight is 260 g/mol. The molecule has 19 heavy (non-hydrogen) atoms. The van der Waals surface area contributed by atoms with Crippen LogP contribution in [0.3, 0.4) is 0 Å². The van der Waals surface area contributed by atoms with E-state index < -0.39 is 0 Å². The average Bonchev–Trinajstić information content (AvgIpc) is 2.58. The molecule has 0 bridgehead atoms. The fourth-order valence-electron chi connectivity index (χ4n) is 3.41. The van der Waals surface area contributed by atoms with E-state index in [0.29, 0.717) is 12.1 Å². The van der Waals surface area contributed by atoms with Gasteiger partial charge in [-0.2, -0.15) is 0 Å². The lowest BCUT2D eigenvalue weighted by molar-refractivity contribution is 0.0563. The van der Waals surface area contributed by atoms with Gasteiger partial charge in [0.05, 0.1) is 6.61 Å². The van der Waals surface area contributed by atoms with E-state index in [2.05, 4.69) is 34.5 Å². The number of aliphatic hydroxyl groups excluding tert-OH is 1. The Morgan fingerprint density at radius 1 is 1.21 bits per heavy atom. The van der Waals surface area contributed by atoms with E-state index in [1.165, 1.54) is 30.4 Å². The van der Waals surface area contributed by atoms with Crippen LogP contribution in [0.15, 0.2) is 24.3 Å². The Morgan fingerprint density at radius 3 is 2.79 bits per heavy atom. The molecule has 1 unspecified atom stereocenters. The molecule has 0 saturated heterocycles. The molecule has 1 saturated carbocycles. The number of hydrogen-bond donors (Lipinski definition) is 2. The predicted molar refractivity (Wildman–Crippen MR) is 76.9 cm³/mol. The zero-order valence-electron chi connectivity index (χ0n) is 11.5. The topological polar surface area (TPSA) is 35.5 Å². The zero-order chi connectivity index (χ0) is 13.1. The van der Waals surface area contributed by atoms with Gasteiger partial charge in [0.15, 0.2) is 0 Å². The van der Waals surface area contributed by atoms with Crippen LogP contribution in [0.4, 0.5) is 0 Å². The molecular formula is C16H24N2O. The smallest absolute Gasteiger partial charge is 0.0558 e. The first-order valence-corrected chi connectivity index (χ1v) is 7.55. The van der Waals surface area contributed by atoms with Crippen molar-refractivity contribution in [1.29, 1.82) is 0 Å². The predicted octanol–water partition coefficient (Wildman–Crippen LogP) is 2.07. The second-order valence-corrected chi connectivity index (χ2v) is 5.73. The number of hydrogen-bond acceptors (Lipinski definition) is 3. The molecule has 3 heteroatoms. The molecule has 0 radical (unpaired) electrons. The first kappa shape index (κ1) is 13.1. The Kier molecular flexibility index (Phi) is 4.16. The molecule has 3 rings (SSSR count). The maximum atomic E-state index is 9.40. The van der Waals surface area contributed by atoms with Crippen LogP contribution >= 0.6 is 0 Å². The Morgan fingerprint density at radius 2 is 2.05 bits per heavy atom. The number of fused-ring (bicyclic) bond motifs is 1. The standard InChI is InChI=1S/C16H24N2O/c19-11-10-18(14-5-3-6-14)16-8-9-17-12-13-4-1-2-7-15(13)16/h1-2,4,7,14,16-17,19H,3,5-6,8-12H2. The lowest BCUT2D eigenvalue weighted by Crippen LogP contribution is -2.44. The molecule has 0 amide bonds. The Balaban J connectivity index is 1.88. The van der Waals surface area contributed by atoms with Gasteiger partial charge in [0.1, 0.15) is 0 Å². The normalized spacial score (nSPS) is 23.8. The van der Waals surface area contributed by atoms with Crippen molar-refractivity contribution in [2.45, 2.75) is 44.3 Å². The van der Waals surface area contributed by atoms with Crippen LogP contribution in [0, 0.1) is 0 Å². The van der Waals surface area contributed by atoms with Crippen molar-refractivity contribution in [2.75, 3.05) is 19.7 Å². The van der Waals surface area contributed by atoms with Gasteiger partial charge in [0, 0.05) is 25.2 Å². The maximum Gasteiger partial charge on any atom is 0.0558 e. The van der Waals surface area contributed by atoms with E-state index in [4.69, 9.17) is 0 Å². The van der Waals surface area contributed by atoms with Crippen LogP contribution in [-0.4, -0.2) is 35.7 Å². The molecule has 1 aliphatic heterocycles. The van der Waals surface area contributed by atoms with Crippen LogP contribution in [0.25, 0.3) is 0 Å². The number of aliphatic hydroxyl groups is 1. The third-order valence-electron chi connectivity index (χ3n) is 4.63. The fourth-order valence-corrected chi connectivity index (χ4v) is 3.41. The summed E-state index contributed by atoms with van der Waals surface area (Å²) < 4.78 is 0. The van der Waals surface area contributed by atoms with E-state index in [0.717, 1.165) is 26.1 Å². The number of benzene rings is 1. The van der Waals surface area contributed by atoms with E-state index >= 15 is 0 Å². The number of nitrogens with zero attached hydrogens (tertiary/aromatic N) is 1. The minimum absolute atomic E-state index is 0.266. The van der Waals surface area contributed by atoms with Gasteiger partial charge in [0.25, 0.3) is 0 Å². The lowest BCUT2D eigenvalue weighted by Gasteiger charge is -2.42. The maximum absolute atomic E-state index is 9.40. The van der Waals surface area contributed by atoms with Gasteiger partial charge in [0.2, 0.25) is 0 Å². The monoisotopic (exact) mass is 260 g/mol. The molecule has 104 valence electrons. The Labute approximate surface area is 115 Å². The quantitative estimate of drug-likeness (QED) is 0.870. The Bertz CT molecular complexity index is 417. The molecule has 1 heterocycles. The highest BCUT2D eigenvalue weighted by atomic mass is 16.3. The highest BCUT2D eigenvalue weighted by Crippen LogP contribution is 2.35. The lowest BCUT2D eigenvalue weighted by atomic mass is 9.87. The van der Waals surface area contributed by atoms with Crippen molar-refractivity contribution in [1.82, 2.24) is 10.2 Å². The van der Waals surface area contributed by atoms with Crippen LogP contribution in [0.5, 0.6) is 0 Å². The minimum atomic E-state index is 0.266. The Hall–Kier alpha value is -0.900. The van der Waals surface area contributed by atoms with Crippen molar-refractivity contribution in [2.24, 2.45) is 0 Å². The van der Waals surface area contributed by atoms with Gasteiger partial charge in [-0.1, -0.05) is 30.7 Å². The summed E-state index contributed by atoms with van der Waals surface area (Å²) in [6.45, 7) is 3.12. The summed E-state index contributed by atoms with van der Waals surface area (Å²) in [6.07, 6.45) is 5.09. The first-order chi connectivity index (χ1) is 9.40. The number of rotatable bonds is 4. The SMILES string of the molecule is OCCN(C1CCC1)C1CCNCc2ccccc21. The van der Waals surface area contributed by atoms with Gasteiger partial charge in [-0.25, -0.2) is 0 Å². The van der Waals surface area contributed by atoms with Crippen LogP contribution in [-0.2, 0) is 6.54 Å². The van der Waals surface area contributed by atoms with Gasteiger partial charge in [-0.3, -0.25) is 4.90 Å². The van der Waals surface area contributed by atoms with Crippen molar-refractivity contribution in [3.05, 3.63) is 35.4 Å². The van der Waals surface area contributed by atoms with Crippen molar-refractivity contribution >= 4 is 0 Å². The molecule has 1 aliphatic carbocycles. The molecule has 2 N–H and O–H groups in total. The molecule has 1 atom stereocenters. The van der Waals surface area contributed by atoms with Crippen molar-refractivity contribution < 1.29 is 5.11 Å². The third-order valence-corrected chi connectivity index (χ3v) is 4.63. The van der Waals surface area contributed by atoms with E-state index in [9.17, 15) is 5.11 Å². The zero-order valence-corrected chi connectivity index (χ0v) is 11.5. The molecule has 1 aromatic rings. The van der Waals surface area contributed by atoms with Gasteiger partial charge >= 0.3 is 0 Å². The fraction of sp³-hybridized carbons (Fsp3) is 0.625. The largest absolute Gasteiger partial charge is 0.395 e. The third kappa shape index (κ3) is 2.69. The summed E-state index contributed by atoms with van der Waals surface area (Å²) in [7, 11) is 0. The summed E-state index contributed by atoms with van der Waals surface area (Å²) in [5.41, 5.74) is 2.89. The van der Waals surface area contributed by atoms with Crippen LogP contribution in [0.1, 0.15) is 42.9 Å². The van der Waals surface area contributed by atoms with Gasteiger partial charge in [-0.15, -0.1) is 0 Å². The summed E-state index contributed by atoms with van der Waals surface area (Å²) >= 11 is 0. The molecular weight excluding hydrogens is 236 g/mol. The van der Waals surface area contributed by atoms with Crippen LogP contribution in [0.2, 0.25) is 0 Å². The molecule has 2 aliphatic rings. The van der Waals surface area contributed by atoms with Gasteiger partial charge in [-0.05, 0) is 36.9 Å². The number of nitrogens with one attached hydrogen (secondary N) is 1. The first-order valence-electron chi connectivity index (χ1n) is 7.55. The summed E-state index contributed by atoms with van der Waals surface area (Å²) in [5, 5.41) is 12.9. The molecule has 0 aromatic heterocycles. The highest BCUT2D eigenvalue weighted by Gasteiger charge is 2.32. The van der Waals surface area contributed by atoms with Crippen molar-refractivity contribution in [3.63, 3.8) is 0 Å². The second-order valence-electron chi connectivity index (χ2n) is 5.73. The van der Waals surface area contributed by atoms with Gasteiger partial charge < -0.3 is 10.4 Å². The molecule has 0 spiro atoms. The van der Waals surface area contributed by atoms with E-state index in [1.54, 1.807) is 0 Å². The molecule has 1 fully saturated rings. The van der Waals surface area contributed by atoms with Crippen LogP contribution < -0.4 is 5.32 Å². The molecule has 1 aromatic carbocycles. The summed E-state index contributed by atoms with van der Waals surface area (Å²) in [5.74, 6) is 0.